The van der Waals surface area contributed by atoms with Crippen molar-refractivity contribution in [2.24, 2.45) is 5.92 Å². The van der Waals surface area contributed by atoms with E-state index in [1.165, 1.54) is 6.92 Å². The second kappa shape index (κ2) is 5.22. The van der Waals surface area contributed by atoms with Crippen LogP contribution in [0.3, 0.4) is 0 Å². The molecule has 1 heterocycles. The molecule has 100 valence electrons. The summed E-state index contributed by atoms with van der Waals surface area (Å²) in [5.41, 5.74) is 0.516. The van der Waals surface area contributed by atoms with E-state index in [0.717, 1.165) is 4.90 Å². The van der Waals surface area contributed by atoms with E-state index in [2.05, 4.69) is 0 Å². The maximum atomic E-state index is 12.1. The van der Waals surface area contributed by atoms with Crippen LogP contribution < -0.4 is 9.64 Å². The Kier molecular flexibility index (Phi) is 3.64. The standard InChI is InChI=1S/C14H15NO4/c1-9(16)7-10-8-13(17)15(14(10)18)11-3-5-12(19-2)6-4-11/h3-6,10H,7-8H2,1-2H3/t10-/m0/s1. The first kappa shape index (κ1) is 13.3. The van der Waals surface area contributed by atoms with Gasteiger partial charge in [-0.3, -0.25) is 14.5 Å². The number of ether oxygens (including phenoxy) is 1. The number of Topliss-reactive ketones (excluding diaryl/α,β-unsaturated/α-hetero) is 1. The van der Waals surface area contributed by atoms with Crippen molar-refractivity contribution >= 4 is 23.3 Å². The zero-order chi connectivity index (χ0) is 14.0. The van der Waals surface area contributed by atoms with E-state index in [0.29, 0.717) is 11.4 Å². The lowest BCUT2D eigenvalue weighted by atomic mass is 10.0. The Hall–Kier alpha value is -2.17. The van der Waals surface area contributed by atoms with Crippen LogP contribution in [0.2, 0.25) is 0 Å². The number of benzene rings is 1. The van der Waals surface area contributed by atoms with Crippen molar-refractivity contribution < 1.29 is 19.1 Å². The largest absolute Gasteiger partial charge is 0.497 e. The van der Waals surface area contributed by atoms with Gasteiger partial charge in [-0.1, -0.05) is 0 Å². The Balaban J connectivity index is 2.21. The van der Waals surface area contributed by atoms with E-state index in [9.17, 15) is 14.4 Å². The number of ketones is 1. The van der Waals surface area contributed by atoms with Crippen molar-refractivity contribution in [2.75, 3.05) is 12.0 Å². The molecule has 1 fully saturated rings. The number of imide groups is 1. The number of amides is 2. The molecule has 0 aromatic heterocycles. The number of rotatable bonds is 4. The highest BCUT2D eigenvalue weighted by Crippen LogP contribution is 2.29. The minimum Gasteiger partial charge on any atom is -0.497 e. The maximum absolute atomic E-state index is 12.1. The summed E-state index contributed by atoms with van der Waals surface area (Å²) >= 11 is 0. The van der Waals surface area contributed by atoms with Gasteiger partial charge in [-0.25, -0.2) is 0 Å². The average Bonchev–Trinajstić information content (AvgIpc) is 2.64. The molecule has 5 nitrogen and oxygen atoms in total. The van der Waals surface area contributed by atoms with Crippen molar-refractivity contribution in [3.05, 3.63) is 24.3 Å². The van der Waals surface area contributed by atoms with Gasteiger partial charge in [0, 0.05) is 12.8 Å². The van der Waals surface area contributed by atoms with E-state index in [1.54, 1.807) is 31.4 Å². The Morgan fingerprint density at radius 2 is 1.95 bits per heavy atom. The average molecular weight is 261 g/mol. The number of nitrogens with zero attached hydrogens (tertiary/aromatic N) is 1. The van der Waals surface area contributed by atoms with Gasteiger partial charge in [0.05, 0.1) is 18.7 Å². The zero-order valence-corrected chi connectivity index (χ0v) is 10.9. The highest BCUT2D eigenvalue weighted by molar-refractivity contribution is 6.21. The molecule has 2 amide bonds. The fourth-order valence-electron chi connectivity index (χ4n) is 2.20. The molecule has 0 spiro atoms. The smallest absolute Gasteiger partial charge is 0.237 e. The summed E-state index contributed by atoms with van der Waals surface area (Å²) in [6.07, 6.45) is 0.224. The second-order valence-electron chi connectivity index (χ2n) is 4.57. The number of carbonyl (C=O) groups is 3. The van der Waals surface area contributed by atoms with Gasteiger partial charge in [-0.05, 0) is 31.2 Å². The van der Waals surface area contributed by atoms with Gasteiger partial charge in [-0.15, -0.1) is 0 Å². The molecule has 0 bridgehead atoms. The van der Waals surface area contributed by atoms with Crippen LogP contribution in [0.15, 0.2) is 24.3 Å². The molecule has 0 radical (unpaired) electrons. The summed E-state index contributed by atoms with van der Waals surface area (Å²) in [7, 11) is 1.55. The van der Waals surface area contributed by atoms with E-state index in [4.69, 9.17) is 4.74 Å². The van der Waals surface area contributed by atoms with E-state index >= 15 is 0 Å². The van der Waals surface area contributed by atoms with Gasteiger partial charge >= 0.3 is 0 Å². The molecule has 1 aromatic carbocycles. The van der Waals surface area contributed by atoms with Crippen LogP contribution in [0.25, 0.3) is 0 Å². The lowest BCUT2D eigenvalue weighted by Gasteiger charge is -2.15. The number of anilines is 1. The molecule has 1 aliphatic heterocycles. The molecule has 0 saturated carbocycles. The minimum atomic E-state index is -0.521. The summed E-state index contributed by atoms with van der Waals surface area (Å²) in [5, 5.41) is 0. The summed E-state index contributed by atoms with van der Waals surface area (Å²) in [5.74, 6) is -0.509. The molecule has 2 rings (SSSR count). The highest BCUT2D eigenvalue weighted by atomic mass is 16.5. The SMILES string of the molecule is COc1ccc(N2C(=O)C[C@H](CC(C)=O)C2=O)cc1. The van der Waals surface area contributed by atoms with Gasteiger partial charge in [0.25, 0.3) is 0 Å². The molecule has 1 aromatic rings. The zero-order valence-electron chi connectivity index (χ0n) is 10.9. The molecule has 0 N–H and O–H groups in total. The van der Waals surface area contributed by atoms with Crippen LogP contribution in [-0.2, 0) is 14.4 Å². The Labute approximate surface area is 111 Å². The van der Waals surface area contributed by atoms with Crippen LogP contribution >= 0.6 is 0 Å². The minimum absolute atomic E-state index is 0.0808. The molecule has 1 saturated heterocycles. The third-order valence-electron chi connectivity index (χ3n) is 3.10. The van der Waals surface area contributed by atoms with E-state index in [1.807, 2.05) is 0 Å². The van der Waals surface area contributed by atoms with Gasteiger partial charge in [0.15, 0.2) is 0 Å². The monoisotopic (exact) mass is 261 g/mol. The Bertz CT molecular complexity index is 521. The second-order valence-corrected chi connectivity index (χ2v) is 4.57. The van der Waals surface area contributed by atoms with Gasteiger partial charge < -0.3 is 9.53 Å². The number of carbonyl (C=O) groups excluding carboxylic acids is 3. The fraction of sp³-hybridized carbons (Fsp3) is 0.357. The summed E-state index contributed by atoms with van der Waals surface area (Å²) in [4.78, 5) is 36.2. The molecular weight excluding hydrogens is 246 g/mol. The Morgan fingerprint density at radius 3 is 2.47 bits per heavy atom. The molecule has 1 aliphatic rings. The first-order valence-electron chi connectivity index (χ1n) is 6.03. The molecule has 1 atom stereocenters. The van der Waals surface area contributed by atoms with Crippen molar-refractivity contribution in [1.29, 1.82) is 0 Å². The summed E-state index contributed by atoms with van der Waals surface area (Å²) in [6.45, 7) is 1.42. The summed E-state index contributed by atoms with van der Waals surface area (Å²) in [6, 6.07) is 6.69. The number of methoxy groups -OCH3 is 1. The number of hydrogen-bond donors (Lipinski definition) is 0. The summed E-state index contributed by atoms with van der Waals surface area (Å²) < 4.78 is 5.03. The molecule has 0 unspecified atom stereocenters. The Morgan fingerprint density at radius 1 is 1.32 bits per heavy atom. The fourth-order valence-corrected chi connectivity index (χ4v) is 2.20. The van der Waals surface area contributed by atoms with E-state index < -0.39 is 5.92 Å². The predicted molar refractivity (Wildman–Crippen MR) is 68.9 cm³/mol. The lowest BCUT2D eigenvalue weighted by molar-refractivity contribution is -0.125. The molecule has 19 heavy (non-hydrogen) atoms. The van der Waals surface area contributed by atoms with Crippen molar-refractivity contribution in [2.45, 2.75) is 19.8 Å². The molecule has 5 heteroatoms. The highest BCUT2D eigenvalue weighted by Gasteiger charge is 2.39. The third-order valence-corrected chi connectivity index (χ3v) is 3.10. The number of hydrogen-bond acceptors (Lipinski definition) is 4. The van der Waals surface area contributed by atoms with Crippen molar-refractivity contribution in [3.63, 3.8) is 0 Å². The van der Waals surface area contributed by atoms with Crippen LogP contribution in [0.4, 0.5) is 5.69 Å². The van der Waals surface area contributed by atoms with Crippen LogP contribution in [-0.4, -0.2) is 24.7 Å². The van der Waals surface area contributed by atoms with Gasteiger partial charge in [0.1, 0.15) is 11.5 Å². The van der Waals surface area contributed by atoms with Gasteiger partial charge in [-0.2, -0.15) is 0 Å². The van der Waals surface area contributed by atoms with Crippen LogP contribution in [0.1, 0.15) is 19.8 Å². The quantitative estimate of drug-likeness (QED) is 0.771. The van der Waals surface area contributed by atoms with Crippen molar-refractivity contribution in [1.82, 2.24) is 0 Å². The van der Waals surface area contributed by atoms with Crippen molar-refractivity contribution in [3.8, 4) is 5.75 Å². The van der Waals surface area contributed by atoms with E-state index in [-0.39, 0.29) is 30.4 Å². The normalized spacial score (nSPS) is 18.8. The first-order valence-corrected chi connectivity index (χ1v) is 6.03. The lowest BCUT2D eigenvalue weighted by Crippen LogP contribution is -2.30. The van der Waals surface area contributed by atoms with Gasteiger partial charge in [0.2, 0.25) is 11.8 Å². The molecule has 0 aliphatic carbocycles. The third kappa shape index (κ3) is 2.65. The van der Waals surface area contributed by atoms with Crippen LogP contribution in [0.5, 0.6) is 5.75 Å². The predicted octanol–water partition coefficient (Wildman–Crippen LogP) is 1.55. The topological polar surface area (TPSA) is 63.7 Å². The molecular formula is C14H15NO4. The first-order chi connectivity index (χ1) is 9.02. The maximum Gasteiger partial charge on any atom is 0.237 e. The van der Waals surface area contributed by atoms with Crippen LogP contribution in [0, 0.1) is 5.92 Å².